The summed E-state index contributed by atoms with van der Waals surface area (Å²) in [4.78, 5) is 8.65. The Bertz CT molecular complexity index is 771. The van der Waals surface area contributed by atoms with Crippen LogP contribution in [0.15, 0.2) is 12.1 Å². The van der Waals surface area contributed by atoms with E-state index in [-0.39, 0.29) is 5.95 Å². The minimum absolute atomic E-state index is 0.226. The molecule has 2 aromatic rings. The Morgan fingerprint density at radius 3 is 2.57 bits per heavy atom. The number of hydrogen-bond acceptors (Lipinski definition) is 6. The number of aryl methyl sites for hydroxylation is 2. The lowest BCUT2D eigenvalue weighted by Crippen LogP contribution is -2.16. The molecule has 1 aliphatic rings. The summed E-state index contributed by atoms with van der Waals surface area (Å²) >= 11 is 0. The van der Waals surface area contributed by atoms with E-state index in [1.165, 1.54) is 0 Å². The van der Waals surface area contributed by atoms with Gasteiger partial charge in [-0.05, 0) is 50.1 Å². The van der Waals surface area contributed by atoms with Gasteiger partial charge in [-0.2, -0.15) is 10.2 Å². The van der Waals surface area contributed by atoms with E-state index < -0.39 is 0 Å². The average Bonchev–Trinajstić information content (AvgIpc) is 2.75. The minimum atomic E-state index is 0.226. The molecule has 1 aromatic heterocycles. The molecule has 0 amide bonds. The predicted octanol–water partition coefficient (Wildman–Crippen LogP) is 2.03. The number of nitrogens with two attached hydrogens (primary N) is 1. The molecule has 3 N–H and O–H groups in total. The van der Waals surface area contributed by atoms with Crippen molar-refractivity contribution in [1.29, 1.82) is 5.26 Å². The molecular formula is C17H19N5O. The molecule has 0 unspecified atom stereocenters. The van der Waals surface area contributed by atoms with E-state index in [0.717, 1.165) is 54.1 Å². The Morgan fingerprint density at radius 1 is 1.17 bits per heavy atom. The highest BCUT2D eigenvalue weighted by atomic mass is 16.5. The Kier molecular flexibility index (Phi) is 4.13. The third-order valence-electron chi connectivity index (χ3n) is 3.95. The number of nitrogens with zero attached hydrogens (tertiary/aromatic N) is 3. The molecule has 23 heavy (non-hydrogen) atoms. The van der Waals surface area contributed by atoms with Crippen LogP contribution in [0.2, 0.25) is 0 Å². The number of rotatable bonds is 2. The molecule has 0 aliphatic carbocycles. The zero-order chi connectivity index (χ0) is 16.4. The SMILES string of the molecule is Cc1cc(C#N)cc(C)c1Oc1nc(N)nc2c1CCNCC2. The highest BCUT2D eigenvalue weighted by Crippen LogP contribution is 2.32. The van der Waals surface area contributed by atoms with E-state index in [2.05, 4.69) is 21.4 Å². The zero-order valence-corrected chi connectivity index (χ0v) is 13.3. The summed E-state index contributed by atoms with van der Waals surface area (Å²) in [5.41, 5.74) is 10.2. The van der Waals surface area contributed by atoms with Gasteiger partial charge in [-0.3, -0.25) is 0 Å². The molecule has 3 rings (SSSR count). The van der Waals surface area contributed by atoms with Crippen LogP contribution in [0.4, 0.5) is 5.95 Å². The zero-order valence-electron chi connectivity index (χ0n) is 13.3. The van der Waals surface area contributed by atoms with Crippen LogP contribution < -0.4 is 15.8 Å². The quantitative estimate of drug-likeness (QED) is 0.881. The molecule has 6 nitrogen and oxygen atoms in total. The van der Waals surface area contributed by atoms with Crippen molar-refractivity contribution in [2.24, 2.45) is 0 Å². The van der Waals surface area contributed by atoms with Crippen LogP contribution in [-0.2, 0) is 12.8 Å². The number of aromatic nitrogens is 2. The van der Waals surface area contributed by atoms with Gasteiger partial charge < -0.3 is 15.8 Å². The second-order valence-corrected chi connectivity index (χ2v) is 5.72. The summed E-state index contributed by atoms with van der Waals surface area (Å²) in [6.07, 6.45) is 1.61. The van der Waals surface area contributed by atoms with Crippen LogP contribution >= 0.6 is 0 Å². The number of ether oxygens (including phenoxy) is 1. The lowest BCUT2D eigenvalue weighted by Gasteiger charge is -2.15. The molecule has 0 saturated carbocycles. The average molecular weight is 309 g/mol. The van der Waals surface area contributed by atoms with Gasteiger partial charge in [0.1, 0.15) is 5.75 Å². The minimum Gasteiger partial charge on any atom is -0.438 e. The molecule has 1 aromatic carbocycles. The van der Waals surface area contributed by atoms with Gasteiger partial charge in [0.05, 0.1) is 17.3 Å². The third-order valence-corrected chi connectivity index (χ3v) is 3.95. The smallest absolute Gasteiger partial charge is 0.227 e. The summed E-state index contributed by atoms with van der Waals surface area (Å²) in [6.45, 7) is 5.59. The molecule has 6 heteroatoms. The Labute approximate surface area is 135 Å². The van der Waals surface area contributed by atoms with Gasteiger partial charge in [0.2, 0.25) is 11.8 Å². The lowest BCUT2D eigenvalue weighted by molar-refractivity contribution is 0.448. The van der Waals surface area contributed by atoms with Crippen LogP contribution in [0.5, 0.6) is 11.6 Å². The maximum Gasteiger partial charge on any atom is 0.227 e. The first-order chi connectivity index (χ1) is 11.1. The van der Waals surface area contributed by atoms with Crippen molar-refractivity contribution in [3.8, 4) is 17.7 Å². The van der Waals surface area contributed by atoms with Crippen molar-refractivity contribution in [3.05, 3.63) is 40.1 Å². The Morgan fingerprint density at radius 2 is 1.87 bits per heavy atom. The van der Waals surface area contributed by atoms with Crippen molar-refractivity contribution in [3.63, 3.8) is 0 Å². The van der Waals surface area contributed by atoms with E-state index in [1.54, 1.807) is 0 Å². The Balaban J connectivity index is 2.04. The number of nitrogens with one attached hydrogen (secondary N) is 1. The van der Waals surface area contributed by atoms with E-state index >= 15 is 0 Å². The summed E-state index contributed by atoms with van der Waals surface area (Å²) in [7, 11) is 0. The van der Waals surface area contributed by atoms with E-state index in [1.807, 2.05) is 26.0 Å². The number of benzene rings is 1. The number of anilines is 1. The third kappa shape index (κ3) is 3.10. The maximum atomic E-state index is 9.06. The van der Waals surface area contributed by atoms with Gasteiger partial charge >= 0.3 is 0 Å². The van der Waals surface area contributed by atoms with Gasteiger partial charge in [0.15, 0.2) is 0 Å². The van der Waals surface area contributed by atoms with Crippen molar-refractivity contribution in [1.82, 2.24) is 15.3 Å². The van der Waals surface area contributed by atoms with E-state index in [4.69, 9.17) is 15.7 Å². The fourth-order valence-electron chi connectivity index (χ4n) is 2.89. The fraction of sp³-hybridized carbons (Fsp3) is 0.353. The van der Waals surface area contributed by atoms with Crippen LogP contribution in [0.3, 0.4) is 0 Å². The van der Waals surface area contributed by atoms with Gasteiger partial charge in [-0.1, -0.05) is 0 Å². The first kappa shape index (κ1) is 15.3. The number of fused-ring (bicyclic) bond motifs is 1. The highest BCUT2D eigenvalue weighted by molar-refractivity contribution is 5.50. The Hall–Kier alpha value is -2.65. The number of nitriles is 1. The number of hydrogen-bond donors (Lipinski definition) is 2. The predicted molar refractivity (Wildman–Crippen MR) is 87.4 cm³/mol. The molecule has 118 valence electrons. The highest BCUT2D eigenvalue weighted by Gasteiger charge is 2.19. The summed E-state index contributed by atoms with van der Waals surface area (Å²) in [6, 6.07) is 5.78. The molecule has 0 saturated heterocycles. The van der Waals surface area contributed by atoms with Crippen LogP contribution in [0.25, 0.3) is 0 Å². The summed E-state index contributed by atoms with van der Waals surface area (Å²) < 4.78 is 6.11. The molecule has 0 spiro atoms. The summed E-state index contributed by atoms with van der Waals surface area (Å²) in [5, 5.41) is 12.4. The van der Waals surface area contributed by atoms with Crippen molar-refractivity contribution < 1.29 is 4.74 Å². The van der Waals surface area contributed by atoms with Crippen molar-refractivity contribution in [2.75, 3.05) is 18.8 Å². The van der Waals surface area contributed by atoms with E-state index in [0.29, 0.717) is 11.4 Å². The molecule has 1 aliphatic heterocycles. The monoisotopic (exact) mass is 309 g/mol. The summed E-state index contributed by atoms with van der Waals surface area (Å²) in [5.74, 6) is 1.47. The van der Waals surface area contributed by atoms with Gasteiger partial charge in [0, 0.05) is 18.5 Å². The standard InChI is InChI=1S/C17H19N5O/c1-10-7-12(9-18)8-11(2)15(10)23-16-13-3-5-20-6-4-14(13)21-17(19)22-16/h7-8,20H,3-6H2,1-2H3,(H2,19,21,22). The van der Waals surface area contributed by atoms with Gasteiger partial charge in [0.25, 0.3) is 0 Å². The number of nitrogen functional groups attached to an aromatic ring is 1. The molecule has 0 radical (unpaired) electrons. The molecule has 0 atom stereocenters. The van der Waals surface area contributed by atoms with Crippen LogP contribution in [-0.4, -0.2) is 23.1 Å². The second-order valence-electron chi connectivity index (χ2n) is 5.72. The molecular weight excluding hydrogens is 290 g/mol. The van der Waals surface area contributed by atoms with Gasteiger partial charge in [-0.25, -0.2) is 4.98 Å². The van der Waals surface area contributed by atoms with Gasteiger partial charge in [-0.15, -0.1) is 0 Å². The first-order valence-corrected chi connectivity index (χ1v) is 7.63. The maximum absolute atomic E-state index is 9.06. The fourth-order valence-corrected chi connectivity index (χ4v) is 2.89. The van der Waals surface area contributed by atoms with Crippen molar-refractivity contribution in [2.45, 2.75) is 26.7 Å². The molecule has 0 fully saturated rings. The molecule has 0 bridgehead atoms. The largest absolute Gasteiger partial charge is 0.438 e. The normalized spacial score (nSPS) is 13.8. The molecule has 2 heterocycles. The van der Waals surface area contributed by atoms with Crippen LogP contribution in [0, 0.1) is 25.2 Å². The lowest BCUT2D eigenvalue weighted by atomic mass is 10.1. The topological polar surface area (TPSA) is 96.8 Å². The van der Waals surface area contributed by atoms with E-state index in [9.17, 15) is 0 Å². The second kappa shape index (κ2) is 6.23. The first-order valence-electron chi connectivity index (χ1n) is 7.63. The van der Waals surface area contributed by atoms with Crippen molar-refractivity contribution >= 4 is 5.95 Å². The van der Waals surface area contributed by atoms with Crippen LogP contribution in [0.1, 0.15) is 27.9 Å².